The number of nitrogens with two attached hydrogens (primary N) is 1. The highest BCUT2D eigenvalue weighted by atomic mass is 32.1. The topological polar surface area (TPSA) is 90.7 Å². The highest BCUT2D eigenvalue weighted by Gasteiger charge is 2.13. The van der Waals surface area contributed by atoms with Crippen LogP contribution in [0.2, 0.25) is 0 Å². The van der Waals surface area contributed by atoms with Gasteiger partial charge >= 0.3 is 0 Å². The molecule has 0 spiro atoms. The molecule has 2 N–H and O–H groups in total. The number of rotatable bonds is 3. The van der Waals surface area contributed by atoms with E-state index >= 15 is 0 Å². The molecule has 0 radical (unpaired) electrons. The number of hydrogen-bond donors (Lipinski definition) is 1. The molecule has 7 heteroatoms. The highest BCUT2D eigenvalue weighted by molar-refractivity contribution is 7.09. The summed E-state index contributed by atoms with van der Waals surface area (Å²) in [7, 11) is 0. The van der Waals surface area contributed by atoms with Crippen LogP contribution in [0.25, 0.3) is 10.8 Å². The minimum Gasteiger partial charge on any atom is -0.333 e. The summed E-state index contributed by atoms with van der Waals surface area (Å²) in [6, 6.07) is 0. The summed E-state index contributed by atoms with van der Waals surface area (Å²) in [5.41, 5.74) is 6.18. The number of nitrogens with zero attached hydrogens (tertiary/aromatic N) is 4. The Bertz CT molecular complexity index is 423. The fraction of sp³-hybridized carbons (Fsp3) is 0.429. The number of aryl methyl sites for hydroxylation is 1. The Hall–Kier alpha value is -1.34. The van der Waals surface area contributed by atoms with Gasteiger partial charge in [-0.3, -0.25) is 0 Å². The second-order valence-corrected chi connectivity index (χ2v) is 3.50. The molecule has 0 bridgehead atoms. The van der Waals surface area contributed by atoms with E-state index < -0.39 is 0 Å². The normalized spacial score (nSPS) is 10.7. The third-order valence-corrected chi connectivity index (χ3v) is 2.50. The van der Waals surface area contributed by atoms with Crippen molar-refractivity contribution in [3.63, 3.8) is 0 Å². The van der Waals surface area contributed by atoms with Crippen molar-refractivity contribution in [2.24, 2.45) is 5.73 Å². The van der Waals surface area contributed by atoms with Crippen molar-refractivity contribution in [2.75, 3.05) is 6.54 Å². The first kappa shape index (κ1) is 9.22. The number of aromatic nitrogens is 4. The average molecular weight is 211 g/mol. The molecule has 0 amide bonds. The van der Waals surface area contributed by atoms with Gasteiger partial charge in [0.15, 0.2) is 5.82 Å². The number of hydrogen-bond acceptors (Lipinski definition) is 7. The van der Waals surface area contributed by atoms with E-state index in [1.54, 1.807) is 0 Å². The van der Waals surface area contributed by atoms with E-state index in [1.807, 2.05) is 6.92 Å². The van der Waals surface area contributed by atoms with Crippen LogP contribution in [0.5, 0.6) is 0 Å². The highest BCUT2D eigenvalue weighted by Crippen LogP contribution is 2.23. The Morgan fingerprint density at radius 2 is 2.36 bits per heavy atom. The van der Waals surface area contributed by atoms with E-state index in [0.29, 0.717) is 24.7 Å². The van der Waals surface area contributed by atoms with Crippen LogP contribution in [0, 0.1) is 6.92 Å². The summed E-state index contributed by atoms with van der Waals surface area (Å²) in [4.78, 5) is 5.00. The summed E-state index contributed by atoms with van der Waals surface area (Å²) >= 11 is 1.25. The van der Waals surface area contributed by atoms with Crippen molar-refractivity contribution >= 4 is 11.5 Å². The zero-order chi connectivity index (χ0) is 9.97. The zero-order valence-electron chi connectivity index (χ0n) is 7.60. The lowest BCUT2D eigenvalue weighted by molar-refractivity contribution is 0.423. The minimum absolute atomic E-state index is 0.473. The molecule has 0 aliphatic carbocycles. The van der Waals surface area contributed by atoms with Gasteiger partial charge in [0.1, 0.15) is 4.88 Å². The van der Waals surface area contributed by atoms with Crippen LogP contribution in [-0.4, -0.2) is 26.3 Å². The summed E-state index contributed by atoms with van der Waals surface area (Å²) in [6.07, 6.45) is 0.620. The van der Waals surface area contributed by atoms with Crippen LogP contribution in [0.4, 0.5) is 0 Å². The SMILES string of the molecule is Cc1nnsc1-c1nc(CCN)no1. The summed E-state index contributed by atoms with van der Waals surface area (Å²) in [5.74, 6) is 1.09. The third-order valence-electron chi connectivity index (χ3n) is 1.68. The molecule has 0 aromatic carbocycles. The van der Waals surface area contributed by atoms with Crippen molar-refractivity contribution in [2.45, 2.75) is 13.3 Å². The van der Waals surface area contributed by atoms with Crippen molar-refractivity contribution < 1.29 is 4.52 Å². The fourth-order valence-electron chi connectivity index (χ4n) is 1.00. The van der Waals surface area contributed by atoms with E-state index in [4.69, 9.17) is 10.3 Å². The molecule has 2 rings (SSSR count). The van der Waals surface area contributed by atoms with Crippen molar-refractivity contribution in [1.82, 2.24) is 19.7 Å². The predicted octanol–water partition coefficient (Wildman–Crippen LogP) is 0.398. The summed E-state index contributed by atoms with van der Waals surface area (Å²) < 4.78 is 8.85. The van der Waals surface area contributed by atoms with E-state index in [2.05, 4.69) is 19.7 Å². The summed E-state index contributed by atoms with van der Waals surface area (Å²) in [6.45, 7) is 2.37. The molecule has 0 fully saturated rings. The summed E-state index contributed by atoms with van der Waals surface area (Å²) in [5, 5.41) is 7.65. The monoisotopic (exact) mass is 211 g/mol. The average Bonchev–Trinajstić information content (AvgIpc) is 2.74. The molecule has 0 unspecified atom stereocenters. The largest absolute Gasteiger partial charge is 0.333 e. The molecule has 0 atom stereocenters. The van der Waals surface area contributed by atoms with Gasteiger partial charge in [-0.25, -0.2) is 0 Å². The Morgan fingerprint density at radius 3 is 3.00 bits per heavy atom. The zero-order valence-corrected chi connectivity index (χ0v) is 8.41. The van der Waals surface area contributed by atoms with Crippen LogP contribution in [0.3, 0.4) is 0 Å². The second-order valence-electron chi connectivity index (χ2n) is 2.74. The van der Waals surface area contributed by atoms with Gasteiger partial charge in [0.25, 0.3) is 5.89 Å². The maximum absolute atomic E-state index is 5.37. The Morgan fingerprint density at radius 1 is 1.50 bits per heavy atom. The lowest BCUT2D eigenvalue weighted by Gasteiger charge is -1.85. The van der Waals surface area contributed by atoms with Crippen LogP contribution in [0.1, 0.15) is 11.5 Å². The predicted molar refractivity (Wildman–Crippen MR) is 50.7 cm³/mol. The lowest BCUT2D eigenvalue weighted by atomic mass is 10.4. The minimum atomic E-state index is 0.473. The van der Waals surface area contributed by atoms with E-state index in [0.717, 1.165) is 10.6 Å². The first-order chi connectivity index (χ1) is 6.81. The molecule has 74 valence electrons. The second kappa shape index (κ2) is 3.81. The molecule has 6 nitrogen and oxygen atoms in total. The molecular weight excluding hydrogens is 202 g/mol. The van der Waals surface area contributed by atoms with Gasteiger partial charge in [-0.15, -0.1) is 5.10 Å². The molecule has 2 heterocycles. The van der Waals surface area contributed by atoms with Crippen LogP contribution >= 0.6 is 11.5 Å². The first-order valence-corrected chi connectivity index (χ1v) is 4.90. The van der Waals surface area contributed by atoms with Crippen LogP contribution in [-0.2, 0) is 6.42 Å². The fourth-order valence-corrected chi connectivity index (χ4v) is 1.58. The van der Waals surface area contributed by atoms with Crippen molar-refractivity contribution in [3.05, 3.63) is 11.5 Å². The van der Waals surface area contributed by atoms with Gasteiger partial charge < -0.3 is 10.3 Å². The molecule has 2 aromatic rings. The lowest BCUT2D eigenvalue weighted by Crippen LogP contribution is -2.03. The Kier molecular flexibility index (Phi) is 2.51. The van der Waals surface area contributed by atoms with Gasteiger partial charge in [-0.1, -0.05) is 9.64 Å². The first-order valence-electron chi connectivity index (χ1n) is 4.13. The Labute approximate surface area is 84.3 Å². The van der Waals surface area contributed by atoms with Crippen molar-refractivity contribution in [3.8, 4) is 10.8 Å². The molecule has 0 aliphatic heterocycles. The van der Waals surface area contributed by atoms with E-state index in [1.165, 1.54) is 11.5 Å². The van der Waals surface area contributed by atoms with Crippen LogP contribution < -0.4 is 5.73 Å². The van der Waals surface area contributed by atoms with Crippen LogP contribution in [0.15, 0.2) is 4.52 Å². The smallest absolute Gasteiger partial charge is 0.271 e. The van der Waals surface area contributed by atoms with Gasteiger partial charge in [-0.2, -0.15) is 4.98 Å². The quantitative estimate of drug-likeness (QED) is 0.790. The molecule has 2 aromatic heterocycles. The molecular formula is C7H9N5OS. The van der Waals surface area contributed by atoms with Gasteiger partial charge in [0.05, 0.1) is 5.69 Å². The van der Waals surface area contributed by atoms with Gasteiger partial charge in [0, 0.05) is 6.42 Å². The molecule has 0 saturated carbocycles. The molecule has 0 saturated heterocycles. The van der Waals surface area contributed by atoms with Gasteiger partial charge in [0.2, 0.25) is 0 Å². The Balaban J connectivity index is 2.29. The third kappa shape index (κ3) is 1.64. The molecule has 14 heavy (non-hydrogen) atoms. The van der Waals surface area contributed by atoms with Crippen molar-refractivity contribution in [1.29, 1.82) is 0 Å². The van der Waals surface area contributed by atoms with Gasteiger partial charge in [-0.05, 0) is 25.0 Å². The van der Waals surface area contributed by atoms with E-state index in [-0.39, 0.29) is 0 Å². The standard InChI is InChI=1S/C7H9N5OS/c1-4-6(14-12-10-4)7-9-5(2-3-8)11-13-7/h2-3,8H2,1H3. The van der Waals surface area contributed by atoms with E-state index in [9.17, 15) is 0 Å². The maximum atomic E-state index is 5.37. The molecule has 0 aliphatic rings. The maximum Gasteiger partial charge on any atom is 0.271 e.